The number of hydrogen-bond acceptors (Lipinski definition) is 12. The number of aliphatic hydroxyl groups excluding tert-OH is 5. The Kier molecular flexibility index (Phi) is 33.5. The normalized spacial score (nSPS) is 22.8. The smallest absolute Gasteiger partial charge is 0.462 e. The molecule has 0 aromatic heterocycles. The molecule has 1 aliphatic rings. The average molecular weight is 881 g/mol. The number of phosphoric ester groups is 1. The molecule has 0 aromatic carbocycles. The highest BCUT2D eigenvalue weighted by Crippen LogP contribution is 2.47. The third-order valence-corrected chi connectivity index (χ3v) is 10.7. The summed E-state index contributed by atoms with van der Waals surface area (Å²) in [6.07, 6.45) is 33.7. The molecule has 0 heterocycles. The Morgan fingerprint density at radius 1 is 0.525 bits per heavy atom. The lowest BCUT2D eigenvalue weighted by molar-refractivity contribution is -0.220. The minimum absolute atomic E-state index is 0.0357. The van der Waals surface area contributed by atoms with E-state index in [0.29, 0.717) is 19.3 Å². The zero-order valence-electron chi connectivity index (χ0n) is 36.7. The number of hydrogen-bond donors (Lipinski definition) is 6. The van der Waals surface area contributed by atoms with E-state index >= 15 is 0 Å². The minimum Gasteiger partial charge on any atom is -0.462 e. The van der Waals surface area contributed by atoms with Gasteiger partial charge < -0.3 is 39.9 Å². The van der Waals surface area contributed by atoms with Crippen molar-refractivity contribution in [2.24, 2.45) is 0 Å². The van der Waals surface area contributed by atoms with E-state index in [-0.39, 0.29) is 12.8 Å². The van der Waals surface area contributed by atoms with E-state index in [0.717, 1.165) is 70.6 Å². The van der Waals surface area contributed by atoms with Crippen molar-refractivity contribution in [1.29, 1.82) is 0 Å². The maximum absolute atomic E-state index is 12.8. The standard InChI is InChI=1S/C47H77O13P/c1-3-5-7-9-11-13-15-17-18-19-20-21-22-24-25-27-29-31-33-35-40(48)57-37-39(38-58-61(55,56)60-47-45(53)43(51)42(50)44(52)46(47)54)59-41(49)36-34-32-30-28-26-23-16-14-12-10-8-6-4-2/h5,7,11,13-14,16-18,20-21,24-25,29,31,39,42-47,50-54H,3-4,6,8-10,12,15,19,22-23,26-28,30,32-38H2,1-2H3,(H,55,56)/b7-5-,13-11-,16-14-,18-17-,21-20-,25-24-,31-29-/t39-,42?,43-,44?,45?,46?,47?/m1/s1. The topological polar surface area (TPSA) is 210 Å². The lowest BCUT2D eigenvalue weighted by Gasteiger charge is -2.41. The first-order valence-electron chi connectivity index (χ1n) is 22.4. The summed E-state index contributed by atoms with van der Waals surface area (Å²) in [5.41, 5.74) is 0. The Balaban J connectivity index is 2.53. The van der Waals surface area contributed by atoms with Crippen LogP contribution in [0.4, 0.5) is 0 Å². The molecule has 0 aliphatic heterocycles. The summed E-state index contributed by atoms with van der Waals surface area (Å²) >= 11 is 0. The van der Waals surface area contributed by atoms with Gasteiger partial charge in [0, 0.05) is 12.8 Å². The zero-order chi connectivity index (χ0) is 45.0. The van der Waals surface area contributed by atoms with Crippen LogP contribution in [0, 0.1) is 0 Å². The van der Waals surface area contributed by atoms with Crippen molar-refractivity contribution in [3.63, 3.8) is 0 Å². The fourth-order valence-corrected chi connectivity index (χ4v) is 7.10. The number of allylic oxidation sites excluding steroid dienone is 14. The summed E-state index contributed by atoms with van der Waals surface area (Å²) in [5.74, 6) is -1.22. The number of rotatable bonds is 35. The molecule has 13 nitrogen and oxygen atoms in total. The monoisotopic (exact) mass is 881 g/mol. The van der Waals surface area contributed by atoms with Gasteiger partial charge in [-0.25, -0.2) is 4.57 Å². The van der Waals surface area contributed by atoms with Crippen LogP contribution < -0.4 is 0 Å². The van der Waals surface area contributed by atoms with E-state index in [2.05, 4.69) is 80.7 Å². The first-order chi connectivity index (χ1) is 29.4. The van der Waals surface area contributed by atoms with Crippen LogP contribution in [0.5, 0.6) is 0 Å². The second kappa shape index (κ2) is 36.5. The van der Waals surface area contributed by atoms with E-state index in [4.69, 9.17) is 18.5 Å². The van der Waals surface area contributed by atoms with Crippen LogP contribution in [0.3, 0.4) is 0 Å². The quantitative estimate of drug-likeness (QED) is 0.0153. The summed E-state index contributed by atoms with van der Waals surface area (Å²) in [4.78, 5) is 35.6. The lowest BCUT2D eigenvalue weighted by Crippen LogP contribution is -2.64. The van der Waals surface area contributed by atoms with E-state index in [9.17, 15) is 44.6 Å². The first-order valence-corrected chi connectivity index (χ1v) is 23.9. The van der Waals surface area contributed by atoms with E-state index < -0.39 is 75.7 Å². The Morgan fingerprint density at radius 3 is 1.49 bits per heavy atom. The number of esters is 2. The van der Waals surface area contributed by atoms with Gasteiger partial charge >= 0.3 is 19.8 Å². The Labute approximate surface area is 365 Å². The molecule has 0 aromatic rings. The van der Waals surface area contributed by atoms with Crippen LogP contribution in [0.15, 0.2) is 85.1 Å². The molecular formula is C47H77O13P. The van der Waals surface area contributed by atoms with Gasteiger partial charge in [-0.3, -0.25) is 18.6 Å². The van der Waals surface area contributed by atoms with Gasteiger partial charge in [0.2, 0.25) is 0 Å². The van der Waals surface area contributed by atoms with Crippen molar-refractivity contribution in [3.05, 3.63) is 85.1 Å². The van der Waals surface area contributed by atoms with Gasteiger partial charge in [-0.1, -0.05) is 137 Å². The molecule has 1 rings (SSSR count). The molecule has 0 amide bonds. The summed E-state index contributed by atoms with van der Waals surface area (Å²) in [7, 11) is -5.14. The molecule has 61 heavy (non-hydrogen) atoms. The van der Waals surface area contributed by atoms with Crippen molar-refractivity contribution in [1.82, 2.24) is 0 Å². The molecule has 1 fully saturated rings. The van der Waals surface area contributed by atoms with Crippen molar-refractivity contribution in [2.75, 3.05) is 13.2 Å². The number of carbonyl (C=O) groups is 2. The van der Waals surface area contributed by atoms with Crippen molar-refractivity contribution in [3.8, 4) is 0 Å². The molecule has 14 heteroatoms. The zero-order valence-corrected chi connectivity index (χ0v) is 37.6. The number of carbonyl (C=O) groups excluding carboxylic acids is 2. The second-order valence-corrected chi connectivity index (χ2v) is 16.6. The first kappa shape index (κ1) is 56.0. The maximum Gasteiger partial charge on any atom is 0.472 e. The molecule has 348 valence electrons. The predicted octanol–water partition coefficient (Wildman–Crippen LogP) is 8.50. The van der Waals surface area contributed by atoms with Crippen molar-refractivity contribution >= 4 is 19.8 Å². The summed E-state index contributed by atoms with van der Waals surface area (Å²) in [6.45, 7) is 3.07. The highest BCUT2D eigenvalue weighted by molar-refractivity contribution is 7.47. The maximum atomic E-state index is 12.8. The Bertz CT molecular complexity index is 1390. The predicted molar refractivity (Wildman–Crippen MR) is 239 cm³/mol. The van der Waals surface area contributed by atoms with Gasteiger partial charge in [-0.15, -0.1) is 0 Å². The molecule has 1 saturated carbocycles. The average Bonchev–Trinajstić information content (AvgIpc) is 3.24. The molecule has 0 spiro atoms. The van der Waals surface area contributed by atoms with Gasteiger partial charge in [-0.05, 0) is 77.0 Å². The third kappa shape index (κ3) is 29.1. The highest BCUT2D eigenvalue weighted by Gasteiger charge is 2.51. The van der Waals surface area contributed by atoms with Crippen LogP contribution in [-0.2, 0) is 32.7 Å². The molecule has 0 saturated heterocycles. The number of unbranched alkanes of at least 4 members (excludes halogenated alkanes) is 9. The summed E-state index contributed by atoms with van der Waals surface area (Å²) < 4.78 is 33.4. The Hall–Kier alpha value is -2.97. The number of phosphoric acid groups is 1. The molecular weight excluding hydrogens is 803 g/mol. The van der Waals surface area contributed by atoms with Crippen LogP contribution in [0.25, 0.3) is 0 Å². The molecule has 1 aliphatic carbocycles. The van der Waals surface area contributed by atoms with Crippen LogP contribution in [0.2, 0.25) is 0 Å². The third-order valence-electron chi connectivity index (χ3n) is 9.73. The van der Waals surface area contributed by atoms with Gasteiger partial charge in [0.15, 0.2) is 6.10 Å². The molecule has 6 N–H and O–H groups in total. The summed E-state index contributed by atoms with van der Waals surface area (Å²) in [6, 6.07) is 0. The lowest BCUT2D eigenvalue weighted by atomic mass is 9.85. The van der Waals surface area contributed by atoms with Crippen LogP contribution in [-0.4, -0.2) is 98.3 Å². The minimum atomic E-state index is -5.14. The van der Waals surface area contributed by atoms with Gasteiger partial charge in [-0.2, -0.15) is 0 Å². The number of ether oxygens (including phenoxy) is 2. The fraction of sp³-hybridized carbons (Fsp3) is 0.660. The SMILES string of the molecule is CC/C=C\C/C=C\C/C=C\C/C=C\C/C=C\C/C=C\CCC(=O)OC[C@H](COP(=O)(O)OC1C(O)C(O)C(O)[C@@H](O)C1O)OC(=O)CCCCCCC/C=C\CCCCCC. The van der Waals surface area contributed by atoms with Gasteiger partial charge in [0.25, 0.3) is 0 Å². The molecule has 0 bridgehead atoms. The number of aliphatic hydroxyl groups is 5. The second-order valence-electron chi connectivity index (χ2n) is 15.2. The highest BCUT2D eigenvalue weighted by atomic mass is 31.2. The van der Waals surface area contributed by atoms with Crippen LogP contribution in [0.1, 0.15) is 142 Å². The molecule has 8 atom stereocenters. The van der Waals surface area contributed by atoms with Crippen molar-refractivity contribution < 1.29 is 63.1 Å². The molecule has 6 unspecified atom stereocenters. The van der Waals surface area contributed by atoms with E-state index in [1.165, 1.54) is 25.7 Å². The van der Waals surface area contributed by atoms with Gasteiger partial charge in [0.05, 0.1) is 6.61 Å². The van der Waals surface area contributed by atoms with Crippen molar-refractivity contribution in [2.45, 2.75) is 185 Å². The Morgan fingerprint density at radius 2 is 0.967 bits per heavy atom. The van der Waals surface area contributed by atoms with Gasteiger partial charge in [0.1, 0.15) is 43.2 Å². The summed E-state index contributed by atoms with van der Waals surface area (Å²) in [5, 5.41) is 50.1. The largest absolute Gasteiger partial charge is 0.472 e. The van der Waals surface area contributed by atoms with E-state index in [1.54, 1.807) is 0 Å². The molecule has 0 radical (unpaired) electrons. The fourth-order valence-electron chi connectivity index (χ4n) is 6.13. The van der Waals surface area contributed by atoms with E-state index in [1.807, 2.05) is 18.2 Å². The van der Waals surface area contributed by atoms with Crippen LogP contribution >= 0.6 is 7.82 Å².